The fourth-order valence-corrected chi connectivity index (χ4v) is 8.82. The lowest BCUT2D eigenvalue weighted by atomic mass is 9.82. The summed E-state index contributed by atoms with van der Waals surface area (Å²) >= 11 is 0. The maximum atomic E-state index is 5.46. The van der Waals surface area contributed by atoms with Crippen LogP contribution >= 0.6 is 0 Å². The number of benzene rings is 5. The first-order valence-electron chi connectivity index (χ1n) is 15.1. The van der Waals surface area contributed by atoms with Crippen LogP contribution in [0.3, 0.4) is 0 Å². The highest BCUT2D eigenvalue weighted by molar-refractivity contribution is 6.06. The Morgan fingerprint density at radius 1 is 0.488 bits per heavy atom. The number of aromatic nitrogens is 5. The molecule has 5 aromatic carbocycles. The van der Waals surface area contributed by atoms with Crippen molar-refractivity contribution >= 4 is 50.2 Å². The molecule has 43 heavy (non-hydrogen) atoms. The van der Waals surface area contributed by atoms with E-state index in [-0.39, 0.29) is 10.8 Å². The smallest absolute Gasteiger partial charge is 0.223 e. The summed E-state index contributed by atoms with van der Waals surface area (Å²) in [5.41, 5.74) is 18.4. The predicted octanol–water partition coefficient (Wildman–Crippen LogP) is 8.74. The van der Waals surface area contributed by atoms with E-state index in [1.807, 2.05) is 0 Å². The SMILES string of the molecule is CC1(C)c2ccccc2-c2cc3c(cc21)nc1n3c2cccc3c2n1c1nc2c4c(ccc2n31)-c1ccccc1C4(C)C. The summed E-state index contributed by atoms with van der Waals surface area (Å²) in [6, 6.07) is 33.5. The Bertz CT molecular complexity index is 2730. The summed E-state index contributed by atoms with van der Waals surface area (Å²) in [6.45, 7) is 9.33. The minimum atomic E-state index is -0.131. The second kappa shape index (κ2) is 6.73. The third kappa shape index (κ3) is 2.29. The zero-order valence-corrected chi connectivity index (χ0v) is 24.4. The molecule has 5 heteroatoms. The van der Waals surface area contributed by atoms with Gasteiger partial charge in [0.2, 0.25) is 11.6 Å². The van der Waals surface area contributed by atoms with Crippen LogP contribution in [0.25, 0.3) is 72.4 Å². The van der Waals surface area contributed by atoms with E-state index in [2.05, 4.69) is 132 Å². The molecular weight excluding hydrogens is 526 g/mol. The van der Waals surface area contributed by atoms with Gasteiger partial charge < -0.3 is 0 Å². The largest absolute Gasteiger partial charge is 0.276 e. The predicted molar refractivity (Wildman–Crippen MR) is 174 cm³/mol. The number of para-hydroxylation sites is 1. The normalized spacial score (nSPS) is 16.3. The first-order valence-corrected chi connectivity index (χ1v) is 15.1. The molecule has 2 aliphatic rings. The number of rotatable bonds is 0. The highest BCUT2D eigenvalue weighted by Crippen LogP contribution is 2.52. The Balaban J connectivity index is 1.28. The Hall–Kier alpha value is -5.16. The van der Waals surface area contributed by atoms with E-state index in [0.29, 0.717) is 0 Å². The molecule has 0 radical (unpaired) electrons. The molecule has 204 valence electrons. The summed E-state index contributed by atoms with van der Waals surface area (Å²) in [5.74, 6) is 1.84. The fraction of sp³-hybridized carbons (Fsp3) is 0.158. The first-order chi connectivity index (χ1) is 20.9. The third-order valence-corrected chi connectivity index (χ3v) is 10.8. The minimum Gasteiger partial charge on any atom is -0.276 e. The molecule has 0 saturated carbocycles. The van der Waals surface area contributed by atoms with Crippen LogP contribution in [0.4, 0.5) is 0 Å². The van der Waals surface area contributed by atoms with Gasteiger partial charge in [0.05, 0.1) is 33.1 Å². The van der Waals surface area contributed by atoms with Crippen LogP contribution in [-0.2, 0) is 10.8 Å². The summed E-state index contributed by atoms with van der Waals surface area (Å²) in [6.07, 6.45) is 0. The van der Waals surface area contributed by atoms with E-state index in [4.69, 9.17) is 9.97 Å². The monoisotopic (exact) mass is 553 g/mol. The lowest BCUT2D eigenvalue weighted by molar-refractivity contribution is 0.661. The van der Waals surface area contributed by atoms with Crippen molar-refractivity contribution in [1.82, 2.24) is 23.2 Å². The zero-order chi connectivity index (χ0) is 28.6. The van der Waals surface area contributed by atoms with Crippen LogP contribution in [0.15, 0.2) is 91.0 Å². The van der Waals surface area contributed by atoms with Gasteiger partial charge in [0.1, 0.15) is 5.52 Å². The second-order valence-electron chi connectivity index (χ2n) is 13.6. The van der Waals surface area contributed by atoms with Crippen molar-refractivity contribution in [1.29, 1.82) is 0 Å². The molecule has 0 unspecified atom stereocenters. The highest BCUT2D eigenvalue weighted by atomic mass is 15.3. The quantitative estimate of drug-likeness (QED) is 0.188. The molecule has 11 rings (SSSR count). The van der Waals surface area contributed by atoms with Gasteiger partial charge in [-0.25, -0.2) is 14.4 Å². The van der Waals surface area contributed by atoms with Crippen molar-refractivity contribution in [2.24, 2.45) is 0 Å². The molecule has 0 N–H and O–H groups in total. The van der Waals surface area contributed by atoms with Crippen molar-refractivity contribution in [3.63, 3.8) is 0 Å². The summed E-state index contributed by atoms with van der Waals surface area (Å²) < 4.78 is 6.97. The van der Waals surface area contributed by atoms with Gasteiger partial charge in [0, 0.05) is 10.8 Å². The van der Waals surface area contributed by atoms with Gasteiger partial charge in [-0.2, -0.15) is 0 Å². The van der Waals surface area contributed by atoms with Gasteiger partial charge in [0.25, 0.3) is 0 Å². The third-order valence-electron chi connectivity index (χ3n) is 10.8. The van der Waals surface area contributed by atoms with Gasteiger partial charge >= 0.3 is 0 Å². The molecule has 4 heterocycles. The highest BCUT2D eigenvalue weighted by Gasteiger charge is 2.39. The number of hydrogen-bond donors (Lipinski definition) is 0. The Labute approximate surface area is 247 Å². The van der Waals surface area contributed by atoms with E-state index in [1.165, 1.54) is 50.0 Å². The maximum absolute atomic E-state index is 5.46. The van der Waals surface area contributed by atoms with Crippen LogP contribution in [0.5, 0.6) is 0 Å². The van der Waals surface area contributed by atoms with Gasteiger partial charge in [-0.05, 0) is 74.8 Å². The van der Waals surface area contributed by atoms with E-state index in [0.717, 1.165) is 44.7 Å². The van der Waals surface area contributed by atoms with Crippen molar-refractivity contribution < 1.29 is 0 Å². The van der Waals surface area contributed by atoms with Crippen molar-refractivity contribution in [3.05, 3.63) is 113 Å². The molecule has 9 aromatic rings. The minimum absolute atomic E-state index is 0.0639. The van der Waals surface area contributed by atoms with Crippen LogP contribution in [-0.4, -0.2) is 23.2 Å². The van der Waals surface area contributed by atoms with E-state index >= 15 is 0 Å². The molecule has 0 aliphatic heterocycles. The van der Waals surface area contributed by atoms with E-state index in [1.54, 1.807) is 0 Å². The number of imidazole rings is 4. The molecule has 5 nitrogen and oxygen atoms in total. The Kier molecular flexibility index (Phi) is 3.51. The van der Waals surface area contributed by atoms with Gasteiger partial charge in [0.15, 0.2) is 0 Å². The molecule has 0 spiro atoms. The summed E-state index contributed by atoms with van der Waals surface area (Å²) in [5, 5.41) is 0. The molecule has 0 saturated heterocycles. The fourth-order valence-electron chi connectivity index (χ4n) is 8.82. The number of fused-ring (bicyclic) bond motifs is 17. The van der Waals surface area contributed by atoms with Crippen LogP contribution in [0.1, 0.15) is 49.9 Å². The molecule has 0 atom stereocenters. The molecule has 2 aliphatic carbocycles. The second-order valence-corrected chi connectivity index (χ2v) is 13.6. The topological polar surface area (TPSA) is 39.0 Å². The summed E-state index contributed by atoms with van der Waals surface area (Å²) in [7, 11) is 0. The van der Waals surface area contributed by atoms with E-state index < -0.39 is 0 Å². The first kappa shape index (κ1) is 22.4. The zero-order valence-electron chi connectivity index (χ0n) is 24.4. The van der Waals surface area contributed by atoms with Crippen molar-refractivity contribution in [2.45, 2.75) is 38.5 Å². The number of nitrogens with zero attached hydrogens (tertiary/aromatic N) is 5. The van der Waals surface area contributed by atoms with Gasteiger partial charge in [-0.1, -0.05) is 88.4 Å². The Morgan fingerprint density at radius 3 is 1.91 bits per heavy atom. The van der Waals surface area contributed by atoms with Gasteiger partial charge in [-0.15, -0.1) is 0 Å². The Morgan fingerprint density at radius 2 is 1.14 bits per heavy atom. The van der Waals surface area contributed by atoms with Crippen molar-refractivity contribution in [3.8, 4) is 22.3 Å². The molecular formula is C38H27N5. The lowest BCUT2D eigenvalue weighted by Gasteiger charge is -2.21. The molecule has 0 bridgehead atoms. The molecule has 0 fully saturated rings. The maximum Gasteiger partial charge on any atom is 0.223 e. The van der Waals surface area contributed by atoms with Crippen LogP contribution in [0.2, 0.25) is 0 Å². The van der Waals surface area contributed by atoms with Crippen molar-refractivity contribution in [2.75, 3.05) is 0 Å². The lowest BCUT2D eigenvalue weighted by Crippen LogP contribution is -2.15. The standard InChI is InChI=1S/C38H27N5/c1-37(2)24-12-7-6-11-21(24)23-18-31-27(19-26(23)37)39-35-42(31)30-15-9-14-29-34(30)43(35)36-40-33-28(41(29)36)17-16-22-20-10-5-8-13-25(20)38(3,4)32(22)33/h5-19H,1-4H3. The molecule has 4 aromatic heterocycles. The van der Waals surface area contributed by atoms with E-state index in [9.17, 15) is 0 Å². The van der Waals surface area contributed by atoms with Gasteiger partial charge in [-0.3, -0.25) is 8.80 Å². The summed E-state index contributed by atoms with van der Waals surface area (Å²) in [4.78, 5) is 10.8. The van der Waals surface area contributed by atoms with Crippen LogP contribution < -0.4 is 0 Å². The molecule has 0 amide bonds. The number of hydrogen-bond acceptors (Lipinski definition) is 2. The average molecular weight is 554 g/mol. The van der Waals surface area contributed by atoms with Crippen LogP contribution in [0, 0.1) is 0 Å². The average Bonchev–Trinajstić information content (AvgIpc) is 3.80.